The molecule has 1 aromatic rings. The number of allylic oxidation sites excluding steroid dienone is 4. The maximum Gasteiger partial charge on any atom is 0.303 e. The van der Waals surface area contributed by atoms with Gasteiger partial charge in [-0.1, -0.05) is 30.4 Å². The number of methoxy groups -OCH3 is 1. The lowest BCUT2D eigenvalue weighted by Crippen LogP contribution is -2.28. The summed E-state index contributed by atoms with van der Waals surface area (Å²) in [6.07, 6.45) is 10.6. The van der Waals surface area contributed by atoms with Crippen LogP contribution in [0.5, 0.6) is 5.75 Å². The lowest BCUT2D eigenvalue weighted by Gasteiger charge is -2.20. The SMILES string of the molecule is COc1cccc(CCS(=O)(=O)NC2=CC(C=CCCCC(=O)O)CCC2)c1. The number of aliphatic carboxylic acids is 1. The molecule has 7 heteroatoms. The summed E-state index contributed by atoms with van der Waals surface area (Å²) < 4.78 is 32.8. The predicted octanol–water partition coefficient (Wildman–Crippen LogP) is 3.65. The molecule has 0 aliphatic heterocycles. The zero-order valence-electron chi connectivity index (χ0n) is 16.3. The van der Waals surface area contributed by atoms with Gasteiger partial charge in [-0.3, -0.25) is 9.52 Å². The van der Waals surface area contributed by atoms with E-state index in [0.29, 0.717) is 12.8 Å². The van der Waals surface area contributed by atoms with Crippen molar-refractivity contribution in [1.82, 2.24) is 4.72 Å². The summed E-state index contributed by atoms with van der Waals surface area (Å²) in [4.78, 5) is 10.5. The van der Waals surface area contributed by atoms with Gasteiger partial charge >= 0.3 is 5.97 Å². The molecule has 1 unspecified atom stereocenters. The molecule has 0 aromatic heterocycles. The number of carboxylic acid groups (broad SMARTS) is 1. The van der Waals surface area contributed by atoms with Gasteiger partial charge in [-0.2, -0.15) is 0 Å². The molecule has 0 saturated carbocycles. The summed E-state index contributed by atoms with van der Waals surface area (Å²) >= 11 is 0. The van der Waals surface area contributed by atoms with Crippen molar-refractivity contribution in [2.24, 2.45) is 5.92 Å². The van der Waals surface area contributed by atoms with Crippen molar-refractivity contribution in [3.8, 4) is 5.75 Å². The zero-order valence-corrected chi connectivity index (χ0v) is 17.1. The van der Waals surface area contributed by atoms with Gasteiger partial charge in [0.1, 0.15) is 5.75 Å². The van der Waals surface area contributed by atoms with Crippen LogP contribution in [0.3, 0.4) is 0 Å². The van der Waals surface area contributed by atoms with Crippen molar-refractivity contribution >= 4 is 16.0 Å². The second kappa shape index (κ2) is 10.9. The van der Waals surface area contributed by atoms with E-state index in [4.69, 9.17) is 9.84 Å². The number of sulfonamides is 1. The minimum Gasteiger partial charge on any atom is -0.497 e. The number of nitrogens with one attached hydrogen (secondary N) is 1. The molecule has 0 bridgehead atoms. The zero-order chi connectivity index (χ0) is 20.4. The Balaban J connectivity index is 1.86. The van der Waals surface area contributed by atoms with Crippen LogP contribution in [0.15, 0.2) is 48.2 Å². The Hall–Kier alpha value is -2.28. The largest absolute Gasteiger partial charge is 0.497 e. The molecule has 1 aromatic carbocycles. The molecule has 2 rings (SSSR count). The Morgan fingerprint density at radius 2 is 2.21 bits per heavy atom. The van der Waals surface area contributed by atoms with Crippen LogP contribution in [-0.4, -0.2) is 32.4 Å². The number of hydrogen-bond donors (Lipinski definition) is 2. The smallest absolute Gasteiger partial charge is 0.303 e. The van der Waals surface area contributed by atoms with Crippen LogP contribution in [0.2, 0.25) is 0 Å². The van der Waals surface area contributed by atoms with Crippen LogP contribution in [0.4, 0.5) is 0 Å². The molecule has 1 aliphatic carbocycles. The van der Waals surface area contributed by atoms with E-state index in [1.165, 1.54) is 0 Å². The number of ether oxygens (including phenoxy) is 1. The molecule has 1 aliphatic rings. The maximum atomic E-state index is 12.4. The number of aryl methyl sites for hydroxylation is 1. The minimum absolute atomic E-state index is 0.0210. The molecule has 0 spiro atoms. The number of carbonyl (C=O) groups is 1. The number of hydrogen-bond acceptors (Lipinski definition) is 4. The lowest BCUT2D eigenvalue weighted by atomic mass is 9.93. The molecule has 0 amide bonds. The van der Waals surface area contributed by atoms with Crippen molar-refractivity contribution in [2.75, 3.05) is 12.9 Å². The van der Waals surface area contributed by atoms with Crippen molar-refractivity contribution in [2.45, 2.75) is 44.9 Å². The molecule has 1 atom stereocenters. The summed E-state index contributed by atoms with van der Waals surface area (Å²) in [7, 11) is -1.82. The van der Waals surface area contributed by atoms with Gasteiger partial charge in [0.05, 0.1) is 12.9 Å². The number of unbranched alkanes of at least 4 members (excludes halogenated alkanes) is 1. The Kier molecular flexibility index (Phi) is 8.57. The summed E-state index contributed by atoms with van der Waals surface area (Å²) in [5.41, 5.74) is 1.67. The van der Waals surface area contributed by atoms with Crippen LogP contribution in [0.25, 0.3) is 0 Å². The third-order valence-corrected chi connectivity index (χ3v) is 5.94. The minimum atomic E-state index is -3.41. The fourth-order valence-corrected chi connectivity index (χ4v) is 4.34. The first-order valence-electron chi connectivity index (χ1n) is 9.60. The van der Waals surface area contributed by atoms with E-state index in [1.807, 2.05) is 42.5 Å². The summed E-state index contributed by atoms with van der Waals surface area (Å²) in [6, 6.07) is 7.42. The molecule has 0 fully saturated rings. The van der Waals surface area contributed by atoms with Gasteiger partial charge in [-0.25, -0.2) is 8.42 Å². The molecule has 0 heterocycles. The third-order valence-electron chi connectivity index (χ3n) is 4.62. The van der Waals surface area contributed by atoms with Crippen LogP contribution < -0.4 is 9.46 Å². The van der Waals surface area contributed by atoms with Gasteiger partial charge in [0.15, 0.2) is 0 Å². The standard InChI is InChI=1S/C21H29NO5S/c1-27-20-11-6-9-18(16-20)13-14-28(25,26)22-19-10-5-8-17(15-19)7-3-2-4-12-21(23)24/h3,6-7,9,11,15-17,22H,2,4-5,8,10,12-14H2,1H3,(H,23,24). The topological polar surface area (TPSA) is 92.7 Å². The van der Waals surface area contributed by atoms with E-state index in [0.717, 1.165) is 42.7 Å². The highest BCUT2D eigenvalue weighted by atomic mass is 32.2. The second-order valence-corrected chi connectivity index (χ2v) is 8.83. The lowest BCUT2D eigenvalue weighted by molar-refractivity contribution is -0.137. The monoisotopic (exact) mass is 407 g/mol. The van der Waals surface area contributed by atoms with Crippen molar-refractivity contribution < 1.29 is 23.1 Å². The third kappa shape index (κ3) is 8.17. The Bertz CT molecular complexity index is 814. The first kappa shape index (κ1) is 22.0. The highest BCUT2D eigenvalue weighted by Crippen LogP contribution is 2.23. The number of rotatable bonds is 11. The van der Waals surface area contributed by atoms with Gasteiger partial charge in [0.2, 0.25) is 10.0 Å². The van der Waals surface area contributed by atoms with Gasteiger partial charge in [0.25, 0.3) is 0 Å². The molecule has 0 radical (unpaired) electrons. The highest BCUT2D eigenvalue weighted by molar-refractivity contribution is 7.89. The molecule has 2 N–H and O–H groups in total. The van der Waals surface area contributed by atoms with E-state index in [1.54, 1.807) is 7.11 Å². The molecular weight excluding hydrogens is 378 g/mol. The Morgan fingerprint density at radius 3 is 2.96 bits per heavy atom. The summed E-state index contributed by atoms with van der Waals surface area (Å²) in [6.45, 7) is 0. The van der Waals surface area contributed by atoms with Gasteiger partial charge < -0.3 is 9.84 Å². The first-order chi connectivity index (χ1) is 13.4. The Morgan fingerprint density at radius 1 is 1.39 bits per heavy atom. The summed E-state index contributed by atoms with van der Waals surface area (Å²) in [5, 5.41) is 8.64. The van der Waals surface area contributed by atoms with Crippen LogP contribution in [0, 0.1) is 5.92 Å². The molecular formula is C21H29NO5S. The normalized spacial score (nSPS) is 17.3. The van der Waals surface area contributed by atoms with Gasteiger partial charge in [-0.05, 0) is 62.1 Å². The molecule has 0 saturated heterocycles. The number of benzene rings is 1. The molecule has 6 nitrogen and oxygen atoms in total. The fraction of sp³-hybridized carbons (Fsp3) is 0.476. The highest BCUT2D eigenvalue weighted by Gasteiger charge is 2.17. The van der Waals surface area contributed by atoms with Crippen LogP contribution >= 0.6 is 0 Å². The average molecular weight is 408 g/mol. The fourth-order valence-electron chi connectivity index (χ4n) is 3.16. The van der Waals surface area contributed by atoms with Crippen LogP contribution in [0.1, 0.15) is 44.1 Å². The quantitative estimate of drug-likeness (QED) is 0.431. The summed E-state index contributed by atoms with van der Waals surface area (Å²) in [5.74, 6) is 0.148. The van der Waals surface area contributed by atoms with Crippen molar-refractivity contribution in [3.63, 3.8) is 0 Å². The number of carboxylic acids is 1. The first-order valence-corrected chi connectivity index (χ1v) is 11.3. The molecule has 28 heavy (non-hydrogen) atoms. The maximum absolute atomic E-state index is 12.4. The Labute approximate surface area is 167 Å². The van der Waals surface area contributed by atoms with E-state index in [2.05, 4.69) is 4.72 Å². The van der Waals surface area contributed by atoms with E-state index >= 15 is 0 Å². The predicted molar refractivity (Wildman–Crippen MR) is 110 cm³/mol. The van der Waals surface area contributed by atoms with E-state index < -0.39 is 16.0 Å². The van der Waals surface area contributed by atoms with Crippen LogP contribution in [-0.2, 0) is 21.2 Å². The average Bonchev–Trinajstić information content (AvgIpc) is 2.66. The van der Waals surface area contributed by atoms with Crippen molar-refractivity contribution in [1.29, 1.82) is 0 Å². The van der Waals surface area contributed by atoms with Crippen molar-refractivity contribution in [3.05, 3.63) is 53.8 Å². The van der Waals surface area contributed by atoms with Gasteiger partial charge in [-0.15, -0.1) is 0 Å². The van der Waals surface area contributed by atoms with E-state index in [-0.39, 0.29) is 18.1 Å². The second-order valence-electron chi connectivity index (χ2n) is 6.98. The van der Waals surface area contributed by atoms with E-state index in [9.17, 15) is 13.2 Å². The molecule has 154 valence electrons. The van der Waals surface area contributed by atoms with Gasteiger partial charge in [0, 0.05) is 12.1 Å².